The van der Waals surface area contributed by atoms with E-state index in [2.05, 4.69) is 13.8 Å². The van der Waals surface area contributed by atoms with Gasteiger partial charge in [-0.15, -0.1) is 0 Å². The average molecular weight is 478 g/mol. The topological polar surface area (TPSA) is 78.2 Å². The van der Waals surface area contributed by atoms with Crippen LogP contribution in [-0.2, 0) is 4.74 Å². The van der Waals surface area contributed by atoms with Crippen molar-refractivity contribution in [2.24, 2.45) is 5.92 Å². The maximum atomic E-state index is 13.6. The molecule has 0 spiro atoms. The largest absolute Gasteiger partial charge is 0.493 e. The van der Waals surface area contributed by atoms with Crippen molar-refractivity contribution in [2.45, 2.75) is 45.3 Å². The van der Waals surface area contributed by atoms with Crippen LogP contribution in [0.5, 0.6) is 11.5 Å². The number of benzene rings is 2. The number of nitrogens with zero attached hydrogens (tertiary/aromatic N) is 1. The Balaban J connectivity index is 1.59. The predicted octanol–water partition coefficient (Wildman–Crippen LogP) is 4.95. The van der Waals surface area contributed by atoms with Gasteiger partial charge in [-0.1, -0.05) is 32.0 Å². The molecule has 184 valence electrons. The smallest absolute Gasteiger partial charge is 0.291 e. The Labute approximate surface area is 204 Å². The maximum absolute atomic E-state index is 13.6. The fourth-order valence-electron chi connectivity index (χ4n) is 4.89. The van der Waals surface area contributed by atoms with E-state index in [0.29, 0.717) is 53.7 Å². The molecule has 1 amide bonds. The molecule has 2 aliphatic rings. The van der Waals surface area contributed by atoms with Crippen LogP contribution >= 0.6 is 0 Å². The molecular formula is C28H31NO6. The zero-order chi connectivity index (χ0) is 24.5. The van der Waals surface area contributed by atoms with Crippen LogP contribution in [0.1, 0.15) is 60.8 Å². The van der Waals surface area contributed by atoms with Gasteiger partial charge in [0.05, 0.1) is 36.8 Å². The van der Waals surface area contributed by atoms with Crippen LogP contribution in [0.4, 0.5) is 0 Å². The van der Waals surface area contributed by atoms with Crippen molar-refractivity contribution in [1.29, 1.82) is 0 Å². The molecule has 1 fully saturated rings. The summed E-state index contributed by atoms with van der Waals surface area (Å²) in [6.45, 7) is 5.95. The van der Waals surface area contributed by atoms with Gasteiger partial charge in [-0.3, -0.25) is 9.59 Å². The monoisotopic (exact) mass is 477 g/mol. The summed E-state index contributed by atoms with van der Waals surface area (Å²) in [6.07, 6.45) is 2.70. The quantitative estimate of drug-likeness (QED) is 0.457. The Bertz CT molecular complexity index is 1290. The number of amides is 1. The molecule has 3 aromatic rings. The number of hydrogen-bond donors (Lipinski definition) is 0. The highest BCUT2D eigenvalue weighted by Crippen LogP contribution is 2.41. The molecule has 35 heavy (non-hydrogen) atoms. The van der Waals surface area contributed by atoms with Crippen LogP contribution in [0.2, 0.25) is 0 Å². The van der Waals surface area contributed by atoms with Gasteiger partial charge < -0.3 is 23.5 Å². The van der Waals surface area contributed by atoms with Crippen LogP contribution in [0.25, 0.3) is 11.0 Å². The average Bonchev–Trinajstić information content (AvgIpc) is 3.46. The summed E-state index contributed by atoms with van der Waals surface area (Å²) in [6, 6.07) is 12.1. The fraction of sp³-hybridized carbons (Fsp3) is 0.429. The Morgan fingerprint density at radius 3 is 2.69 bits per heavy atom. The molecule has 2 aromatic carbocycles. The first-order valence-corrected chi connectivity index (χ1v) is 12.3. The molecule has 2 aliphatic heterocycles. The Morgan fingerprint density at radius 1 is 1.11 bits per heavy atom. The van der Waals surface area contributed by atoms with Crippen molar-refractivity contribution in [3.05, 3.63) is 69.6 Å². The number of rotatable bonds is 8. The third-order valence-electron chi connectivity index (χ3n) is 6.75. The molecule has 0 radical (unpaired) electrons. The molecule has 7 nitrogen and oxygen atoms in total. The first-order chi connectivity index (χ1) is 17.0. The van der Waals surface area contributed by atoms with E-state index >= 15 is 0 Å². The summed E-state index contributed by atoms with van der Waals surface area (Å²) in [5.41, 5.74) is 1.35. The van der Waals surface area contributed by atoms with Crippen molar-refractivity contribution >= 4 is 16.9 Å². The van der Waals surface area contributed by atoms with E-state index in [4.69, 9.17) is 18.6 Å². The second-order valence-electron chi connectivity index (χ2n) is 9.61. The van der Waals surface area contributed by atoms with Gasteiger partial charge in [-0.25, -0.2) is 0 Å². The number of para-hydroxylation sites is 1. The van der Waals surface area contributed by atoms with Crippen LogP contribution in [-0.4, -0.2) is 43.8 Å². The highest BCUT2D eigenvalue weighted by Gasteiger charge is 2.44. The van der Waals surface area contributed by atoms with Crippen LogP contribution in [0.3, 0.4) is 0 Å². The van der Waals surface area contributed by atoms with Crippen LogP contribution < -0.4 is 14.9 Å². The minimum absolute atomic E-state index is 0.0687. The molecule has 1 aromatic heterocycles. The molecular weight excluding hydrogens is 446 g/mol. The van der Waals surface area contributed by atoms with E-state index in [9.17, 15) is 9.59 Å². The standard InChI is InChI=1S/C28H31NO6/c1-17(2)12-14-34-22-11-10-18(15-23(22)32-3)25-24-26(30)20-8-4-5-9-21(20)35-27(24)28(31)29(25)16-19-7-6-13-33-19/h4-5,8-11,15,17,19,25H,6-7,12-14,16H2,1-3H3. The fourth-order valence-corrected chi connectivity index (χ4v) is 4.89. The minimum atomic E-state index is -0.596. The molecule has 5 rings (SSSR count). The summed E-state index contributed by atoms with van der Waals surface area (Å²) >= 11 is 0. The summed E-state index contributed by atoms with van der Waals surface area (Å²) < 4.78 is 23.4. The molecule has 0 N–H and O–H groups in total. The summed E-state index contributed by atoms with van der Waals surface area (Å²) in [4.78, 5) is 28.9. The molecule has 0 bridgehead atoms. The van der Waals surface area contributed by atoms with Gasteiger partial charge >= 0.3 is 0 Å². The maximum Gasteiger partial charge on any atom is 0.291 e. The lowest BCUT2D eigenvalue weighted by atomic mass is 9.97. The van der Waals surface area contributed by atoms with Crippen molar-refractivity contribution < 1.29 is 23.4 Å². The molecule has 2 atom stereocenters. The van der Waals surface area contributed by atoms with Crippen molar-refractivity contribution in [3.63, 3.8) is 0 Å². The van der Waals surface area contributed by atoms with Crippen molar-refractivity contribution in [1.82, 2.24) is 4.90 Å². The normalized spacial score (nSPS) is 19.5. The Kier molecular flexibility index (Phi) is 6.52. The van der Waals surface area contributed by atoms with E-state index in [-0.39, 0.29) is 23.2 Å². The molecule has 2 unspecified atom stereocenters. The number of methoxy groups -OCH3 is 1. The van der Waals surface area contributed by atoms with Crippen molar-refractivity contribution in [2.75, 3.05) is 26.9 Å². The number of carbonyl (C=O) groups excluding carboxylic acids is 1. The van der Waals surface area contributed by atoms with E-state index < -0.39 is 6.04 Å². The summed E-state index contributed by atoms with van der Waals surface area (Å²) in [5.74, 6) is 1.54. The van der Waals surface area contributed by atoms with Gasteiger partial charge in [0.1, 0.15) is 5.58 Å². The van der Waals surface area contributed by atoms with Crippen LogP contribution in [0.15, 0.2) is 51.7 Å². The van der Waals surface area contributed by atoms with Gasteiger partial charge in [-0.2, -0.15) is 0 Å². The first-order valence-electron chi connectivity index (χ1n) is 12.3. The van der Waals surface area contributed by atoms with Gasteiger partial charge in [0, 0.05) is 13.2 Å². The Morgan fingerprint density at radius 2 is 1.94 bits per heavy atom. The van der Waals surface area contributed by atoms with Crippen LogP contribution in [0, 0.1) is 5.92 Å². The predicted molar refractivity (Wildman–Crippen MR) is 132 cm³/mol. The second kappa shape index (κ2) is 9.74. The Hall–Kier alpha value is -3.32. The minimum Gasteiger partial charge on any atom is -0.493 e. The zero-order valence-electron chi connectivity index (χ0n) is 20.4. The second-order valence-corrected chi connectivity index (χ2v) is 9.61. The lowest BCUT2D eigenvalue weighted by Crippen LogP contribution is -2.36. The number of carbonyl (C=O) groups is 1. The third-order valence-corrected chi connectivity index (χ3v) is 6.75. The van der Waals surface area contributed by atoms with E-state index in [1.807, 2.05) is 18.2 Å². The number of fused-ring (bicyclic) bond motifs is 2. The molecule has 0 saturated carbocycles. The zero-order valence-corrected chi connectivity index (χ0v) is 20.4. The van der Waals surface area contributed by atoms with E-state index in [1.54, 1.807) is 36.3 Å². The lowest BCUT2D eigenvalue weighted by molar-refractivity contribution is 0.0486. The summed E-state index contributed by atoms with van der Waals surface area (Å²) in [7, 11) is 1.59. The molecule has 0 aliphatic carbocycles. The number of ether oxygens (including phenoxy) is 3. The van der Waals surface area contributed by atoms with E-state index in [0.717, 1.165) is 24.8 Å². The van der Waals surface area contributed by atoms with E-state index in [1.165, 1.54) is 0 Å². The SMILES string of the molecule is COc1cc(C2c3c(oc4ccccc4c3=O)C(=O)N2CC2CCCO2)ccc1OCCC(C)C. The summed E-state index contributed by atoms with van der Waals surface area (Å²) in [5, 5.41) is 0.462. The highest BCUT2D eigenvalue weighted by molar-refractivity contribution is 5.99. The van der Waals surface area contributed by atoms with Crippen molar-refractivity contribution in [3.8, 4) is 11.5 Å². The van der Waals surface area contributed by atoms with Gasteiger partial charge in [0.2, 0.25) is 5.76 Å². The van der Waals surface area contributed by atoms with Gasteiger partial charge in [-0.05, 0) is 55.0 Å². The van der Waals surface area contributed by atoms with Gasteiger partial charge in [0.25, 0.3) is 5.91 Å². The van der Waals surface area contributed by atoms with Gasteiger partial charge in [0.15, 0.2) is 16.9 Å². The first kappa shape index (κ1) is 23.4. The molecule has 3 heterocycles. The molecule has 1 saturated heterocycles. The number of hydrogen-bond acceptors (Lipinski definition) is 6. The highest BCUT2D eigenvalue weighted by atomic mass is 16.5. The lowest BCUT2D eigenvalue weighted by Gasteiger charge is -2.28. The third kappa shape index (κ3) is 4.41. The molecule has 7 heteroatoms.